The Bertz CT molecular complexity index is 1240. The lowest BCUT2D eigenvalue weighted by Gasteiger charge is -2.34. The first-order chi connectivity index (χ1) is 17.7. The minimum atomic E-state index is -0.0721. The summed E-state index contributed by atoms with van der Waals surface area (Å²) in [6.45, 7) is 3.26. The molecule has 6 nitrogen and oxygen atoms in total. The van der Waals surface area contributed by atoms with Gasteiger partial charge in [0.15, 0.2) is 0 Å². The van der Waals surface area contributed by atoms with Gasteiger partial charge in [0.2, 0.25) is 17.6 Å². The maximum Gasteiger partial charge on any atom is 0.241 e. The van der Waals surface area contributed by atoms with Crippen molar-refractivity contribution in [2.24, 2.45) is 5.92 Å². The molecular weight excluding hydrogens is 472 g/mol. The lowest BCUT2D eigenvalue weighted by Crippen LogP contribution is -2.44. The fraction of sp³-hybridized carbons (Fsp3) is 0.276. The van der Waals surface area contributed by atoms with Crippen LogP contribution >= 0.6 is 11.6 Å². The molecule has 0 radical (unpaired) electrons. The van der Waals surface area contributed by atoms with Crippen molar-refractivity contribution in [3.8, 4) is 11.4 Å². The highest BCUT2D eigenvalue weighted by Gasteiger charge is 2.30. The van der Waals surface area contributed by atoms with E-state index in [1.54, 1.807) is 0 Å². The van der Waals surface area contributed by atoms with Crippen molar-refractivity contribution in [1.29, 1.82) is 0 Å². The normalized spacial score (nSPS) is 16.1. The number of carbonyl (C=O) groups excluding carboxylic acids is 1. The summed E-state index contributed by atoms with van der Waals surface area (Å²) < 4.78 is 5.52. The number of halogens is 1. The zero-order valence-corrected chi connectivity index (χ0v) is 20.8. The third kappa shape index (κ3) is 6.01. The molecule has 5 rings (SSSR count). The van der Waals surface area contributed by atoms with E-state index < -0.39 is 0 Å². The first-order valence-corrected chi connectivity index (χ1v) is 12.7. The zero-order chi connectivity index (χ0) is 24.7. The summed E-state index contributed by atoms with van der Waals surface area (Å²) in [6, 6.07) is 27.8. The number of hydrogen-bond donors (Lipinski definition) is 0. The van der Waals surface area contributed by atoms with Gasteiger partial charge in [-0.2, -0.15) is 4.98 Å². The monoisotopic (exact) mass is 500 g/mol. The van der Waals surface area contributed by atoms with E-state index in [4.69, 9.17) is 16.1 Å². The van der Waals surface area contributed by atoms with Gasteiger partial charge in [-0.25, -0.2) is 0 Å². The van der Waals surface area contributed by atoms with Crippen molar-refractivity contribution < 1.29 is 9.32 Å². The molecule has 0 bridgehead atoms. The van der Waals surface area contributed by atoms with Crippen LogP contribution in [-0.4, -0.2) is 38.9 Å². The van der Waals surface area contributed by atoms with Gasteiger partial charge in [0.1, 0.15) is 0 Å². The van der Waals surface area contributed by atoms with Crippen LogP contribution < -0.4 is 0 Å². The predicted octanol–water partition coefficient (Wildman–Crippen LogP) is 5.83. The number of hydrogen-bond acceptors (Lipinski definition) is 5. The summed E-state index contributed by atoms with van der Waals surface area (Å²) in [5, 5.41) is 4.70. The van der Waals surface area contributed by atoms with Crippen molar-refractivity contribution >= 4 is 17.5 Å². The van der Waals surface area contributed by atoms with Gasteiger partial charge in [0.25, 0.3) is 0 Å². The van der Waals surface area contributed by atoms with Gasteiger partial charge in [-0.3, -0.25) is 9.69 Å². The van der Waals surface area contributed by atoms with E-state index in [-0.39, 0.29) is 11.8 Å². The number of piperidine rings is 1. The van der Waals surface area contributed by atoms with Gasteiger partial charge in [0, 0.05) is 25.2 Å². The molecule has 0 N–H and O–H groups in total. The molecule has 1 aliphatic rings. The quantitative estimate of drug-likeness (QED) is 0.304. The first kappa shape index (κ1) is 24.2. The molecule has 0 saturated carbocycles. The number of carbonyl (C=O) groups is 1. The van der Waals surface area contributed by atoms with Crippen LogP contribution in [0.4, 0.5) is 0 Å². The Kier molecular flexibility index (Phi) is 7.74. The molecule has 1 unspecified atom stereocenters. The van der Waals surface area contributed by atoms with Crippen LogP contribution in [0.5, 0.6) is 0 Å². The van der Waals surface area contributed by atoms with Crippen molar-refractivity contribution in [3.63, 3.8) is 0 Å². The van der Waals surface area contributed by atoms with E-state index in [0.717, 1.165) is 36.1 Å². The summed E-state index contributed by atoms with van der Waals surface area (Å²) in [6.07, 6.45) is 1.83. The standard InChI is InChI=1S/C29H29ClN4O2/c30-26-16-8-7-15-25(26)28-31-27(36-32-28)21-33-17-9-14-24(20-33)29(35)34(18-22-10-3-1-4-11-22)19-23-12-5-2-6-13-23/h1-8,10-13,15-16,24H,9,14,17-21H2. The second-order valence-electron chi connectivity index (χ2n) is 9.23. The molecule has 184 valence electrons. The highest BCUT2D eigenvalue weighted by Crippen LogP contribution is 2.26. The fourth-order valence-corrected chi connectivity index (χ4v) is 4.96. The third-order valence-electron chi connectivity index (χ3n) is 6.54. The Balaban J connectivity index is 1.27. The van der Waals surface area contributed by atoms with Crippen molar-refractivity contribution in [1.82, 2.24) is 19.9 Å². The average molecular weight is 501 g/mol. The van der Waals surface area contributed by atoms with Crippen molar-refractivity contribution in [2.75, 3.05) is 13.1 Å². The fourth-order valence-electron chi connectivity index (χ4n) is 4.74. The minimum Gasteiger partial charge on any atom is -0.338 e. The van der Waals surface area contributed by atoms with Crippen LogP contribution in [0.1, 0.15) is 29.9 Å². The Labute approximate surface area is 216 Å². The lowest BCUT2D eigenvalue weighted by atomic mass is 9.96. The molecular formula is C29H29ClN4O2. The number of benzene rings is 3. The molecule has 1 amide bonds. The number of aromatic nitrogens is 2. The maximum absolute atomic E-state index is 13.8. The lowest BCUT2D eigenvalue weighted by molar-refractivity contribution is -0.138. The molecule has 3 aromatic carbocycles. The molecule has 1 fully saturated rings. The summed E-state index contributed by atoms with van der Waals surface area (Å²) in [7, 11) is 0. The molecule has 0 spiro atoms. The van der Waals surface area contributed by atoms with Crippen LogP contribution in [0.15, 0.2) is 89.5 Å². The zero-order valence-electron chi connectivity index (χ0n) is 20.1. The number of likely N-dealkylation sites (tertiary alicyclic amines) is 1. The molecule has 1 atom stereocenters. The summed E-state index contributed by atoms with van der Waals surface area (Å²) >= 11 is 6.29. The van der Waals surface area contributed by atoms with Crippen LogP contribution in [0.2, 0.25) is 5.02 Å². The van der Waals surface area contributed by atoms with Gasteiger partial charge in [-0.15, -0.1) is 0 Å². The smallest absolute Gasteiger partial charge is 0.241 e. The average Bonchev–Trinajstić information content (AvgIpc) is 3.37. The molecule has 2 heterocycles. The second-order valence-corrected chi connectivity index (χ2v) is 9.64. The summed E-state index contributed by atoms with van der Waals surface area (Å²) in [5.41, 5.74) is 3.01. The highest BCUT2D eigenvalue weighted by atomic mass is 35.5. The van der Waals surface area contributed by atoms with E-state index in [9.17, 15) is 4.79 Å². The Morgan fingerprint density at radius 3 is 2.25 bits per heavy atom. The van der Waals surface area contributed by atoms with Gasteiger partial charge in [-0.1, -0.05) is 89.6 Å². The Morgan fingerprint density at radius 2 is 1.58 bits per heavy atom. The maximum atomic E-state index is 13.8. The van der Waals surface area contributed by atoms with E-state index in [1.807, 2.05) is 65.6 Å². The van der Waals surface area contributed by atoms with Gasteiger partial charge in [0.05, 0.1) is 17.5 Å². The van der Waals surface area contributed by atoms with Crippen LogP contribution in [0, 0.1) is 5.92 Å². The molecule has 1 aromatic heterocycles. The molecule has 1 saturated heterocycles. The minimum absolute atomic E-state index is 0.0721. The van der Waals surface area contributed by atoms with Gasteiger partial charge in [-0.05, 0) is 42.6 Å². The molecule has 4 aromatic rings. The van der Waals surface area contributed by atoms with Crippen LogP contribution in [0.3, 0.4) is 0 Å². The van der Waals surface area contributed by atoms with Gasteiger partial charge >= 0.3 is 0 Å². The Morgan fingerprint density at radius 1 is 0.944 bits per heavy atom. The molecule has 0 aliphatic carbocycles. The van der Waals surface area contributed by atoms with Gasteiger partial charge < -0.3 is 9.42 Å². The number of nitrogens with zero attached hydrogens (tertiary/aromatic N) is 4. The van der Waals surface area contributed by atoms with E-state index in [0.29, 0.717) is 42.9 Å². The highest BCUT2D eigenvalue weighted by molar-refractivity contribution is 6.33. The topological polar surface area (TPSA) is 62.5 Å². The molecule has 7 heteroatoms. The molecule has 36 heavy (non-hydrogen) atoms. The van der Waals surface area contributed by atoms with E-state index in [1.165, 1.54) is 0 Å². The van der Waals surface area contributed by atoms with Crippen LogP contribution in [0.25, 0.3) is 11.4 Å². The predicted molar refractivity (Wildman–Crippen MR) is 140 cm³/mol. The SMILES string of the molecule is O=C(C1CCCN(Cc2nc(-c3ccccc3Cl)no2)C1)N(Cc1ccccc1)Cc1ccccc1. The third-order valence-corrected chi connectivity index (χ3v) is 6.87. The van der Waals surface area contributed by atoms with Crippen molar-refractivity contribution in [2.45, 2.75) is 32.5 Å². The first-order valence-electron chi connectivity index (χ1n) is 12.3. The molecule has 1 aliphatic heterocycles. The largest absolute Gasteiger partial charge is 0.338 e. The summed E-state index contributed by atoms with van der Waals surface area (Å²) in [4.78, 5) is 22.5. The van der Waals surface area contributed by atoms with E-state index in [2.05, 4.69) is 39.3 Å². The van der Waals surface area contributed by atoms with E-state index >= 15 is 0 Å². The second kappa shape index (κ2) is 11.5. The number of rotatable bonds is 8. The van der Waals surface area contributed by atoms with Crippen LogP contribution in [-0.2, 0) is 24.4 Å². The summed E-state index contributed by atoms with van der Waals surface area (Å²) in [5.74, 6) is 1.13. The number of amides is 1. The Hall–Kier alpha value is -3.48. The van der Waals surface area contributed by atoms with Crippen molar-refractivity contribution in [3.05, 3.63) is 107 Å².